The van der Waals surface area contributed by atoms with Gasteiger partial charge in [-0.1, -0.05) is 30.3 Å². The molecule has 0 atom stereocenters. The Morgan fingerprint density at radius 1 is 1.00 bits per heavy atom. The quantitative estimate of drug-likeness (QED) is 0.698. The predicted molar refractivity (Wildman–Crippen MR) is 105 cm³/mol. The van der Waals surface area contributed by atoms with Gasteiger partial charge in [-0.2, -0.15) is 5.26 Å². The van der Waals surface area contributed by atoms with Crippen LogP contribution in [0, 0.1) is 11.3 Å². The van der Waals surface area contributed by atoms with Crippen LogP contribution in [-0.4, -0.2) is 31.7 Å². The zero-order valence-corrected chi connectivity index (χ0v) is 15.6. The molecule has 0 N–H and O–H groups in total. The van der Waals surface area contributed by atoms with Crippen LogP contribution in [0.15, 0.2) is 65.7 Å². The van der Waals surface area contributed by atoms with Crippen LogP contribution in [0.1, 0.15) is 18.4 Å². The summed E-state index contributed by atoms with van der Waals surface area (Å²) in [5.74, 6) is 0.640. The summed E-state index contributed by atoms with van der Waals surface area (Å²) >= 11 is 0. The molecule has 0 saturated carbocycles. The lowest BCUT2D eigenvalue weighted by Gasteiger charge is -2.32. The highest BCUT2D eigenvalue weighted by Crippen LogP contribution is 2.29. The first-order valence-corrected chi connectivity index (χ1v) is 10.5. The summed E-state index contributed by atoms with van der Waals surface area (Å²) in [4.78, 5) is 6.70. The molecule has 1 aliphatic heterocycles. The SMILES string of the molecule is N#Cc1cccnc1N1CCC(S(=O)(=O)c2ccc3ccccc3c2)CC1. The Hall–Kier alpha value is -2.91. The molecule has 4 rings (SSSR count). The third-order valence-corrected chi connectivity index (χ3v) is 7.40. The van der Waals surface area contributed by atoms with Crippen LogP contribution in [0.5, 0.6) is 0 Å². The van der Waals surface area contributed by atoms with E-state index in [1.54, 1.807) is 30.5 Å². The van der Waals surface area contributed by atoms with Crippen LogP contribution in [0.25, 0.3) is 10.8 Å². The first kappa shape index (κ1) is 17.5. The molecule has 0 bridgehead atoms. The molecule has 0 aliphatic carbocycles. The van der Waals surface area contributed by atoms with Gasteiger partial charge in [-0.25, -0.2) is 13.4 Å². The summed E-state index contributed by atoms with van der Waals surface area (Å²) < 4.78 is 26.2. The molecule has 0 amide bonds. The lowest BCUT2D eigenvalue weighted by Crippen LogP contribution is -2.40. The average molecular weight is 377 g/mol. The fraction of sp³-hybridized carbons (Fsp3) is 0.238. The van der Waals surface area contributed by atoms with Crippen molar-refractivity contribution in [1.29, 1.82) is 5.26 Å². The minimum atomic E-state index is -3.39. The number of aromatic nitrogens is 1. The Kier molecular flexibility index (Phi) is 4.54. The van der Waals surface area contributed by atoms with E-state index in [1.165, 1.54) is 0 Å². The Bertz CT molecular complexity index is 1130. The van der Waals surface area contributed by atoms with Gasteiger partial charge >= 0.3 is 0 Å². The van der Waals surface area contributed by atoms with Gasteiger partial charge in [-0.05, 0) is 47.9 Å². The fourth-order valence-electron chi connectivity index (χ4n) is 3.65. The monoisotopic (exact) mass is 377 g/mol. The van der Waals surface area contributed by atoms with Crippen molar-refractivity contribution < 1.29 is 8.42 Å². The number of anilines is 1. The molecule has 27 heavy (non-hydrogen) atoms. The van der Waals surface area contributed by atoms with Gasteiger partial charge in [-0.15, -0.1) is 0 Å². The van der Waals surface area contributed by atoms with Gasteiger partial charge in [-0.3, -0.25) is 0 Å². The van der Waals surface area contributed by atoms with Crippen molar-refractivity contribution in [1.82, 2.24) is 4.98 Å². The number of pyridine rings is 1. The normalized spacial score (nSPS) is 15.6. The molecule has 1 aromatic heterocycles. The third-order valence-electron chi connectivity index (χ3n) is 5.14. The number of nitrogens with zero attached hydrogens (tertiary/aromatic N) is 3. The van der Waals surface area contributed by atoms with Gasteiger partial charge in [0.15, 0.2) is 9.84 Å². The molecule has 6 heteroatoms. The third kappa shape index (κ3) is 3.26. The van der Waals surface area contributed by atoms with Gasteiger partial charge < -0.3 is 4.90 Å². The predicted octanol–water partition coefficient (Wildman–Crippen LogP) is 3.55. The number of benzene rings is 2. The van der Waals surface area contributed by atoms with Crippen molar-refractivity contribution in [2.45, 2.75) is 23.0 Å². The van der Waals surface area contributed by atoms with Gasteiger partial charge in [0.25, 0.3) is 0 Å². The molecule has 0 unspecified atom stereocenters. The molecular formula is C21H19N3O2S. The van der Waals surface area contributed by atoms with Crippen LogP contribution in [-0.2, 0) is 9.84 Å². The number of rotatable bonds is 3. The summed E-state index contributed by atoms with van der Waals surface area (Å²) in [6.45, 7) is 1.15. The van der Waals surface area contributed by atoms with E-state index < -0.39 is 15.1 Å². The van der Waals surface area contributed by atoms with E-state index in [4.69, 9.17) is 0 Å². The Morgan fingerprint density at radius 2 is 1.74 bits per heavy atom. The van der Waals surface area contributed by atoms with Crippen LogP contribution < -0.4 is 4.90 Å². The lowest BCUT2D eigenvalue weighted by atomic mass is 10.1. The van der Waals surface area contributed by atoms with E-state index in [0.29, 0.717) is 42.2 Å². The van der Waals surface area contributed by atoms with Crippen molar-refractivity contribution >= 4 is 26.4 Å². The van der Waals surface area contributed by atoms with Crippen molar-refractivity contribution in [2.24, 2.45) is 0 Å². The standard InChI is InChI=1S/C21H19N3O2S/c22-15-18-6-3-11-23-21(18)24-12-9-19(10-13-24)27(25,26)20-8-7-16-4-1-2-5-17(16)14-20/h1-8,11,14,19H,9-10,12-13H2. The van der Waals surface area contributed by atoms with E-state index in [-0.39, 0.29) is 0 Å². The minimum absolute atomic E-state index is 0.384. The van der Waals surface area contributed by atoms with Gasteiger partial charge in [0.2, 0.25) is 0 Å². The summed E-state index contributed by atoms with van der Waals surface area (Å²) in [6.07, 6.45) is 2.71. The van der Waals surface area contributed by atoms with Crippen molar-refractivity contribution in [2.75, 3.05) is 18.0 Å². The summed E-state index contributed by atoms with van der Waals surface area (Å²) in [7, 11) is -3.39. The highest BCUT2D eigenvalue weighted by Gasteiger charge is 2.32. The number of hydrogen-bond donors (Lipinski definition) is 0. The molecule has 1 saturated heterocycles. The number of nitriles is 1. The molecule has 136 valence electrons. The number of fused-ring (bicyclic) bond motifs is 1. The van der Waals surface area contributed by atoms with Gasteiger partial charge in [0.1, 0.15) is 11.9 Å². The molecule has 0 spiro atoms. The van der Waals surface area contributed by atoms with Gasteiger partial charge in [0, 0.05) is 19.3 Å². The van der Waals surface area contributed by atoms with E-state index in [9.17, 15) is 13.7 Å². The first-order valence-electron chi connectivity index (χ1n) is 8.92. The highest BCUT2D eigenvalue weighted by molar-refractivity contribution is 7.92. The molecular weight excluding hydrogens is 358 g/mol. The second-order valence-corrected chi connectivity index (χ2v) is 8.95. The summed E-state index contributed by atoms with van der Waals surface area (Å²) in [5.41, 5.74) is 0.522. The van der Waals surface area contributed by atoms with Crippen LogP contribution >= 0.6 is 0 Å². The molecule has 3 aromatic rings. The maximum absolute atomic E-state index is 13.1. The first-order chi connectivity index (χ1) is 13.1. The van der Waals surface area contributed by atoms with Crippen molar-refractivity contribution in [3.05, 3.63) is 66.4 Å². The number of piperidine rings is 1. The van der Waals surface area contributed by atoms with E-state index in [2.05, 4.69) is 11.1 Å². The second-order valence-electron chi connectivity index (χ2n) is 6.73. The Morgan fingerprint density at radius 3 is 2.48 bits per heavy atom. The molecule has 1 aliphatic rings. The van der Waals surface area contributed by atoms with Crippen molar-refractivity contribution in [3.8, 4) is 6.07 Å². The Labute approximate surface area is 158 Å². The van der Waals surface area contributed by atoms with Crippen molar-refractivity contribution in [3.63, 3.8) is 0 Å². The van der Waals surface area contributed by atoms with E-state index >= 15 is 0 Å². The van der Waals surface area contributed by atoms with E-state index in [0.717, 1.165) is 10.8 Å². The lowest BCUT2D eigenvalue weighted by molar-refractivity contribution is 0.528. The molecule has 0 radical (unpaired) electrons. The highest BCUT2D eigenvalue weighted by atomic mass is 32.2. The second kappa shape index (κ2) is 7.01. The van der Waals surface area contributed by atoms with Crippen LogP contribution in [0.3, 0.4) is 0 Å². The topological polar surface area (TPSA) is 74.1 Å². The fourth-order valence-corrected chi connectivity index (χ4v) is 5.42. The largest absolute Gasteiger partial charge is 0.355 e. The smallest absolute Gasteiger partial charge is 0.181 e. The maximum atomic E-state index is 13.1. The molecule has 2 heterocycles. The zero-order valence-electron chi connectivity index (χ0n) is 14.7. The molecule has 5 nitrogen and oxygen atoms in total. The van der Waals surface area contributed by atoms with E-state index in [1.807, 2.05) is 35.2 Å². The Balaban J connectivity index is 1.55. The molecule has 2 aromatic carbocycles. The number of sulfone groups is 1. The maximum Gasteiger partial charge on any atom is 0.181 e. The van der Waals surface area contributed by atoms with Gasteiger partial charge in [0.05, 0.1) is 15.7 Å². The summed E-state index contributed by atoms with van der Waals surface area (Å²) in [5, 5.41) is 10.8. The van der Waals surface area contributed by atoms with Crippen LogP contribution in [0.2, 0.25) is 0 Å². The molecule has 1 fully saturated rings. The zero-order chi connectivity index (χ0) is 18.9. The summed E-state index contributed by atoms with van der Waals surface area (Å²) in [6, 6.07) is 18.7. The minimum Gasteiger partial charge on any atom is -0.355 e. The van der Waals surface area contributed by atoms with Crippen LogP contribution in [0.4, 0.5) is 5.82 Å². The average Bonchev–Trinajstić information content (AvgIpc) is 2.73. The number of hydrogen-bond acceptors (Lipinski definition) is 5.